The molecule has 8 heteroatoms. The second-order valence-electron chi connectivity index (χ2n) is 8.98. The number of benzene rings is 1. The lowest BCUT2D eigenvalue weighted by molar-refractivity contribution is 0.0131. The summed E-state index contributed by atoms with van der Waals surface area (Å²) in [5.41, 5.74) is 0.973. The average molecular weight is 450 g/mol. The molecule has 0 radical (unpaired) electrons. The standard InChI is InChI=1S/C24H40FN5O2/c1-19(2)15-22(29-7-11-31-12-8-29)17-27-24(26-3)28-18-23(30-9-13-32-14-10-30)20-5-4-6-21(25)16-20/h4-6,16,19,22-23H,7-15,17-18H2,1-3H3,(H2,26,27,28). The molecule has 32 heavy (non-hydrogen) atoms. The third-order valence-corrected chi connectivity index (χ3v) is 6.22. The summed E-state index contributed by atoms with van der Waals surface area (Å²) in [6, 6.07) is 7.40. The van der Waals surface area contributed by atoms with Crippen molar-refractivity contribution in [3.05, 3.63) is 35.6 Å². The van der Waals surface area contributed by atoms with Gasteiger partial charge in [-0.15, -0.1) is 0 Å². The first-order valence-electron chi connectivity index (χ1n) is 11.9. The summed E-state index contributed by atoms with van der Waals surface area (Å²) in [5.74, 6) is 1.20. The van der Waals surface area contributed by atoms with Crippen molar-refractivity contribution in [3.8, 4) is 0 Å². The van der Waals surface area contributed by atoms with Crippen molar-refractivity contribution >= 4 is 5.96 Å². The topological polar surface area (TPSA) is 61.4 Å². The minimum absolute atomic E-state index is 0.0545. The van der Waals surface area contributed by atoms with E-state index in [0.717, 1.165) is 63.9 Å². The molecule has 1 aromatic rings. The second-order valence-corrected chi connectivity index (χ2v) is 8.98. The summed E-state index contributed by atoms with van der Waals surface area (Å²) in [5, 5.41) is 7.02. The van der Waals surface area contributed by atoms with Crippen LogP contribution in [0, 0.1) is 11.7 Å². The number of ether oxygens (including phenoxy) is 2. The first-order valence-corrected chi connectivity index (χ1v) is 11.9. The minimum atomic E-state index is -0.203. The van der Waals surface area contributed by atoms with E-state index in [1.807, 2.05) is 6.07 Å². The lowest BCUT2D eigenvalue weighted by atomic mass is 10.0. The molecule has 2 atom stereocenters. The first-order chi connectivity index (χ1) is 15.6. The molecule has 0 saturated carbocycles. The Hall–Kier alpha value is -1.74. The van der Waals surface area contributed by atoms with Gasteiger partial charge in [0.15, 0.2) is 5.96 Å². The fourth-order valence-electron chi connectivity index (χ4n) is 4.54. The molecule has 0 aromatic heterocycles. The van der Waals surface area contributed by atoms with Crippen LogP contribution in [0.5, 0.6) is 0 Å². The van der Waals surface area contributed by atoms with Gasteiger partial charge in [0.2, 0.25) is 0 Å². The Kier molecular flexibility index (Phi) is 10.2. The molecule has 7 nitrogen and oxygen atoms in total. The number of halogens is 1. The van der Waals surface area contributed by atoms with Crippen molar-refractivity contribution in [2.24, 2.45) is 10.9 Å². The van der Waals surface area contributed by atoms with Crippen LogP contribution in [0.1, 0.15) is 31.9 Å². The van der Waals surface area contributed by atoms with Gasteiger partial charge in [-0.2, -0.15) is 0 Å². The Morgan fingerprint density at radius 3 is 2.22 bits per heavy atom. The highest BCUT2D eigenvalue weighted by Crippen LogP contribution is 2.22. The van der Waals surface area contributed by atoms with E-state index < -0.39 is 0 Å². The van der Waals surface area contributed by atoms with Gasteiger partial charge in [0.25, 0.3) is 0 Å². The van der Waals surface area contributed by atoms with Crippen molar-refractivity contribution in [1.82, 2.24) is 20.4 Å². The maximum atomic E-state index is 13.9. The molecule has 1 aromatic carbocycles. The number of morpholine rings is 2. The van der Waals surface area contributed by atoms with Crippen molar-refractivity contribution in [2.45, 2.75) is 32.4 Å². The molecule has 0 amide bonds. The van der Waals surface area contributed by atoms with E-state index >= 15 is 0 Å². The molecular formula is C24H40FN5O2. The number of rotatable bonds is 9. The van der Waals surface area contributed by atoms with Crippen LogP contribution in [-0.2, 0) is 9.47 Å². The molecule has 3 rings (SSSR count). The Labute approximate surface area is 192 Å². The van der Waals surface area contributed by atoms with Gasteiger partial charge in [0.1, 0.15) is 5.82 Å². The van der Waals surface area contributed by atoms with Crippen LogP contribution in [-0.4, -0.2) is 94.5 Å². The molecule has 2 aliphatic rings. The SMILES string of the molecule is CN=C(NCC(CC(C)C)N1CCOCC1)NCC(c1cccc(F)c1)N1CCOCC1. The van der Waals surface area contributed by atoms with E-state index in [-0.39, 0.29) is 11.9 Å². The lowest BCUT2D eigenvalue weighted by Crippen LogP contribution is -2.52. The van der Waals surface area contributed by atoms with Crippen molar-refractivity contribution < 1.29 is 13.9 Å². The predicted octanol–water partition coefficient (Wildman–Crippen LogP) is 2.11. The molecule has 2 aliphatic heterocycles. The summed E-state index contributed by atoms with van der Waals surface area (Å²) in [4.78, 5) is 9.32. The highest BCUT2D eigenvalue weighted by molar-refractivity contribution is 5.79. The summed E-state index contributed by atoms with van der Waals surface area (Å²) in [7, 11) is 1.80. The third-order valence-electron chi connectivity index (χ3n) is 6.22. The predicted molar refractivity (Wildman–Crippen MR) is 127 cm³/mol. The van der Waals surface area contributed by atoms with Gasteiger partial charge in [-0.05, 0) is 30.0 Å². The van der Waals surface area contributed by atoms with Crippen molar-refractivity contribution in [1.29, 1.82) is 0 Å². The van der Waals surface area contributed by atoms with Gasteiger partial charge >= 0.3 is 0 Å². The molecule has 2 fully saturated rings. The van der Waals surface area contributed by atoms with E-state index in [2.05, 4.69) is 39.3 Å². The molecule has 0 aliphatic carbocycles. The molecule has 2 N–H and O–H groups in total. The van der Waals surface area contributed by atoms with Gasteiger partial charge < -0.3 is 20.1 Å². The summed E-state index contributed by atoms with van der Waals surface area (Å²) < 4.78 is 25.0. The van der Waals surface area contributed by atoms with E-state index in [1.165, 1.54) is 6.07 Å². The van der Waals surface area contributed by atoms with Crippen LogP contribution in [0.3, 0.4) is 0 Å². The number of hydrogen-bond donors (Lipinski definition) is 2. The molecule has 0 bridgehead atoms. The Bertz CT molecular complexity index is 705. The van der Waals surface area contributed by atoms with E-state index in [0.29, 0.717) is 31.7 Å². The van der Waals surface area contributed by atoms with Gasteiger partial charge in [-0.1, -0.05) is 26.0 Å². The van der Waals surface area contributed by atoms with Crippen LogP contribution < -0.4 is 10.6 Å². The fourth-order valence-corrected chi connectivity index (χ4v) is 4.54. The van der Waals surface area contributed by atoms with Crippen molar-refractivity contribution in [2.75, 3.05) is 72.7 Å². The van der Waals surface area contributed by atoms with E-state index in [9.17, 15) is 4.39 Å². The highest BCUT2D eigenvalue weighted by atomic mass is 19.1. The summed E-state index contributed by atoms with van der Waals surface area (Å²) >= 11 is 0. The Balaban J connectivity index is 1.60. The van der Waals surface area contributed by atoms with Gasteiger partial charge in [-0.25, -0.2) is 4.39 Å². The molecule has 2 unspecified atom stereocenters. The minimum Gasteiger partial charge on any atom is -0.379 e. The number of hydrogen-bond acceptors (Lipinski definition) is 5. The lowest BCUT2D eigenvalue weighted by Gasteiger charge is -2.36. The van der Waals surface area contributed by atoms with E-state index in [4.69, 9.17) is 9.47 Å². The first kappa shape index (κ1) is 24.9. The van der Waals surface area contributed by atoms with Gasteiger partial charge in [0, 0.05) is 52.4 Å². The number of guanidine groups is 1. The van der Waals surface area contributed by atoms with Crippen LogP contribution in [0.4, 0.5) is 4.39 Å². The zero-order valence-corrected chi connectivity index (χ0v) is 19.9. The second kappa shape index (κ2) is 13.1. The molecule has 2 heterocycles. The molecule has 2 saturated heterocycles. The maximum absolute atomic E-state index is 13.9. The Morgan fingerprint density at radius 2 is 1.62 bits per heavy atom. The zero-order valence-electron chi connectivity index (χ0n) is 19.9. The summed E-state index contributed by atoms with van der Waals surface area (Å²) in [6.07, 6.45) is 1.13. The highest BCUT2D eigenvalue weighted by Gasteiger charge is 2.25. The smallest absolute Gasteiger partial charge is 0.191 e. The zero-order chi connectivity index (χ0) is 22.8. The van der Waals surface area contributed by atoms with Crippen LogP contribution in [0.25, 0.3) is 0 Å². The molecule has 0 spiro atoms. The number of nitrogens with zero attached hydrogens (tertiary/aromatic N) is 3. The van der Waals surface area contributed by atoms with Gasteiger partial charge in [-0.3, -0.25) is 14.8 Å². The van der Waals surface area contributed by atoms with Crippen LogP contribution in [0.15, 0.2) is 29.3 Å². The monoisotopic (exact) mass is 449 g/mol. The van der Waals surface area contributed by atoms with Crippen molar-refractivity contribution in [3.63, 3.8) is 0 Å². The molecule has 180 valence electrons. The third kappa shape index (κ3) is 7.69. The normalized spacial score (nSPS) is 20.8. The largest absolute Gasteiger partial charge is 0.379 e. The van der Waals surface area contributed by atoms with Gasteiger partial charge in [0.05, 0.1) is 32.5 Å². The average Bonchev–Trinajstić information content (AvgIpc) is 2.81. The summed E-state index contributed by atoms with van der Waals surface area (Å²) in [6.45, 7) is 12.7. The van der Waals surface area contributed by atoms with Crippen LogP contribution in [0.2, 0.25) is 0 Å². The number of aliphatic imine (C=N–C) groups is 1. The maximum Gasteiger partial charge on any atom is 0.191 e. The quantitative estimate of drug-likeness (QED) is 0.445. The van der Waals surface area contributed by atoms with E-state index in [1.54, 1.807) is 19.2 Å². The fraction of sp³-hybridized carbons (Fsp3) is 0.708. The number of nitrogens with one attached hydrogen (secondary N) is 2. The molecular weight excluding hydrogens is 409 g/mol. The Morgan fingerprint density at radius 1 is 1.00 bits per heavy atom. The van der Waals surface area contributed by atoms with Crippen LogP contribution >= 0.6 is 0 Å².